The first-order valence-electron chi connectivity index (χ1n) is 8.28. The largest absolute Gasteiger partial charge is 0.497 e. The molecule has 0 aliphatic rings. The van der Waals surface area contributed by atoms with Crippen LogP contribution in [0.3, 0.4) is 0 Å². The molecule has 25 heavy (non-hydrogen) atoms. The van der Waals surface area contributed by atoms with Crippen molar-refractivity contribution in [3.05, 3.63) is 66.7 Å². The second-order valence-electron chi connectivity index (χ2n) is 5.60. The smallest absolute Gasteiger partial charge is 0.264 e. The van der Waals surface area contributed by atoms with Gasteiger partial charge in [-0.3, -0.25) is 4.79 Å². The summed E-state index contributed by atoms with van der Waals surface area (Å²) in [5, 5.41) is 2.17. The predicted molar refractivity (Wildman–Crippen MR) is 100 cm³/mol. The second kappa shape index (κ2) is 7.71. The average Bonchev–Trinajstić information content (AvgIpc) is 2.67. The number of hydrogen-bond acceptors (Lipinski definition) is 3. The lowest BCUT2D eigenvalue weighted by molar-refractivity contribution is -0.120. The molecular formula is C21H21NO3. The van der Waals surface area contributed by atoms with E-state index in [9.17, 15) is 4.79 Å². The van der Waals surface area contributed by atoms with E-state index in [1.54, 1.807) is 24.1 Å². The van der Waals surface area contributed by atoms with Gasteiger partial charge in [-0.15, -0.1) is 0 Å². The number of methoxy groups -OCH3 is 1. The number of anilines is 1. The van der Waals surface area contributed by atoms with Crippen molar-refractivity contribution in [2.75, 3.05) is 25.2 Å². The SMILES string of the molecule is CCN(C(=O)COc1ccc(OC)cc1)c1cccc2ccccc12. The molecular weight excluding hydrogens is 314 g/mol. The van der Waals surface area contributed by atoms with Crippen LogP contribution in [0.2, 0.25) is 0 Å². The third-order valence-corrected chi connectivity index (χ3v) is 4.10. The minimum atomic E-state index is -0.0744. The highest BCUT2D eigenvalue weighted by Crippen LogP contribution is 2.27. The third kappa shape index (κ3) is 3.74. The lowest BCUT2D eigenvalue weighted by Gasteiger charge is -2.23. The highest BCUT2D eigenvalue weighted by atomic mass is 16.5. The number of fused-ring (bicyclic) bond motifs is 1. The molecule has 0 atom stereocenters. The van der Waals surface area contributed by atoms with E-state index >= 15 is 0 Å². The Labute approximate surface area is 147 Å². The minimum Gasteiger partial charge on any atom is -0.497 e. The first kappa shape index (κ1) is 16.8. The van der Waals surface area contributed by atoms with Crippen molar-refractivity contribution in [3.63, 3.8) is 0 Å². The monoisotopic (exact) mass is 335 g/mol. The Morgan fingerprint density at radius 2 is 1.60 bits per heavy atom. The zero-order chi connectivity index (χ0) is 17.6. The van der Waals surface area contributed by atoms with Gasteiger partial charge in [-0.05, 0) is 42.6 Å². The predicted octanol–water partition coefficient (Wildman–Crippen LogP) is 4.28. The van der Waals surface area contributed by atoms with Crippen LogP contribution in [0.25, 0.3) is 10.8 Å². The van der Waals surface area contributed by atoms with Gasteiger partial charge >= 0.3 is 0 Å². The fourth-order valence-corrected chi connectivity index (χ4v) is 2.82. The summed E-state index contributed by atoms with van der Waals surface area (Å²) in [4.78, 5) is 14.4. The molecule has 1 amide bonds. The van der Waals surface area contributed by atoms with Crippen molar-refractivity contribution in [2.45, 2.75) is 6.92 Å². The second-order valence-corrected chi connectivity index (χ2v) is 5.60. The summed E-state index contributed by atoms with van der Waals surface area (Å²) in [7, 11) is 1.61. The molecule has 0 aromatic heterocycles. The molecule has 0 spiro atoms. The van der Waals surface area contributed by atoms with Gasteiger partial charge < -0.3 is 14.4 Å². The topological polar surface area (TPSA) is 38.8 Å². The Bertz CT molecular complexity index is 853. The summed E-state index contributed by atoms with van der Waals surface area (Å²) >= 11 is 0. The van der Waals surface area contributed by atoms with Crippen molar-refractivity contribution in [1.29, 1.82) is 0 Å². The van der Waals surface area contributed by atoms with Crippen molar-refractivity contribution >= 4 is 22.4 Å². The molecule has 128 valence electrons. The molecule has 0 saturated carbocycles. The normalized spacial score (nSPS) is 10.5. The summed E-state index contributed by atoms with van der Waals surface area (Å²) in [6.45, 7) is 2.54. The van der Waals surface area contributed by atoms with Gasteiger partial charge in [-0.2, -0.15) is 0 Å². The molecule has 0 fully saturated rings. The standard InChI is InChI=1S/C21H21NO3/c1-3-22(20-10-6-8-16-7-4-5-9-19(16)20)21(23)15-25-18-13-11-17(24-2)12-14-18/h4-14H,3,15H2,1-2H3. The lowest BCUT2D eigenvalue weighted by atomic mass is 10.1. The van der Waals surface area contributed by atoms with Crippen LogP contribution in [0.4, 0.5) is 5.69 Å². The Balaban J connectivity index is 1.76. The van der Waals surface area contributed by atoms with Crippen LogP contribution in [-0.4, -0.2) is 26.2 Å². The van der Waals surface area contributed by atoms with Gasteiger partial charge in [0.25, 0.3) is 5.91 Å². The fourth-order valence-electron chi connectivity index (χ4n) is 2.82. The van der Waals surface area contributed by atoms with E-state index in [0.29, 0.717) is 12.3 Å². The summed E-state index contributed by atoms with van der Waals surface area (Å²) in [6.07, 6.45) is 0. The molecule has 3 aromatic carbocycles. The zero-order valence-electron chi connectivity index (χ0n) is 14.4. The summed E-state index contributed by atoms with van der Waals surface area (Å²) in [5.41, 5.74) is 0.906. The van der Waals surface area contributed by atoms with Gasteiger partial charge in [0.15, 0.2) is 6.61 Å². The van der Waals surface area contributed by atoms with Crippen LogP contribution < -0.4 is 14.4 Å². The Hall–Kier alpha value is -3.01. The number of likely N-dealkylation sites (N-methyl/N-ethyl adjacent to an activating group) is 1. The molecule has 0 unspecified atom stereocenters. The van der Waals surface area contributed by atoms with Gasteiger partial charge in [0.05, 0.1) is 12.8 Å². The highest BCUT2D eigenvalue weighted by molar-refractivity contribution is 6.04. The Morgan fingerprint density at radius 3 is 2.32 bits per heavy atom. The lowest BCUT2D eigenvalue weighted by Crippen LogP contribution is -2.34. The van der Waals surface area contributed by atoms with Crippen LogP contribution in [0.5, 0.6) is 11.5 Å². The molecule has 0 aliphatic heterocycles. The zero-order valence-corrected chi connectivity index (χ0v) is 14.4. The van der Waals surface area contributed by atoms with Crippen molar-refractivity contribution in [2.24, 2.45) is 0 Å². The number of nitrogens with zero attached hydrogens (tertiary/aromatic N) is 1. The first-order chi connectivity index (χ1) is 12.2. The summed E-state index contributed by atoms with van der Waals surface area (Å²) in [5.74, 6) is 1.32. The van der Waals surface area contributed by atoms with Crippen LogP contribution in [0.1, 0.15) is 6.92 Å². The number of hydrogen-bond donors (Lipinski definition) is 0. The molecule has 0 N–H and O–H groups in total. The molecule has 0 bridgehead atoms. The van der Waals surface area contributed by atoms with E-state index in [1.165, 1.54) is 0 Å². The number of ether oxygens (including phenoxy) is 2. The maximum atomic E-state index is 12.7. The number of benzene rings is 3. The highest BCUT2D eigenvalue weighted by Gasteiger charge is 2.16. The molecule has 4 nitrogen and oxygen atoms in total. The number of carbonyl (C=O) groups is 1. The van der Waals surface area contributed by atoms with E-state index in [-0.39, 0.29) is 12.5 Å². The fraction of sp³-hybridized carbons (Fsp3) is 0.190. The molecule has 4 heteroatoms. The van der Waals surface area contributed by atoms with Crippen molar-refractivity contribution in [3.8, 4) is 11.5 Å². The Morgan fingerprint density at radius 1 is 0.920 bits per heavy atom. The van der Waals surface area contributed by atoms with Crippen molar-refractivity contribution in [1.82, 2.24) is 0 Å². The molecule has 0 aliphatic carbocycles. The van der Waals surface area contributed by atoms with Gasteiger partial charge in [0, 0.05) is 11.9 Å². The molecule has 3 rings (SSSR count). The van der Waals surface area contributed by atoms with E-state index in [1.807, 2.05) is 61.5 Å². The number of rotatable bonds is 6. The van der Waals surface area contributed by atoms with Gasteiger partial charge in [-0.1, -0.05) is 36.4 Å². The maximum absolute atomic E-state index is 12.7. The van der Waals surface area contributed by atoms with Gasteiger partial charge in [0.1, 0.15) is 11.5 Å². The van der Waals surface area contributed by atoms with Crippen molar-refractivity contribution < 1.29 is 14.3 Å². The van der Waals surface area contributed by atoms with E-state index in [4.69, 9.17) is 9.47 Å². The number of amides is 1. The minimum absolute atomic E-state index is 0.0105. The third-order valence-electron chi connectivity index (χ3n) is 4.10. The quantitative estimate of drug-likeness (QED) is 0.675. The maximum Gasteiger partial charge on any atom is 0.264 e. The number of carbonyl (C=O) groups excluding carboxylic acids is 1. The molecule has 0 heterocycles. The van der Waals surface area contributed by atoms with Gasteiger partial charge in [0.2, 0.25) is 0 Å². The van der Waals surface area contributed by atoms with Crippen LogP contribution in [0, 0.1) is 0 Å². The summed E-state index contributed by atoms with van der Waals surface area (Å²) in [6, 6.07) is 21.2. The van der Waals surface area contributed by atoms with E-state index < -0.39 is 0 Å². The Kier molecular flexibility index (Phi) is 5.19. The van der Waals surface area contributed by atoms with E-state index in [0.717, 1.165) is 22.2 Å². The van der Waals surface area contributed by atoms with Crippen LogP contribution in [0.15, 0.2) is 66.7 Å². The van der Waals surface area contributed by atoms with Crippen LogP contribution in [-0.2, 0) is 4.79 Å². The molecule has 0 saturated heterocycles. The van der Waals surface area contributed by atoms with Crippen LogP contribution >= 0.6 is 0 Å². The molecule has 0 radical (unpaired) electrons. The molecule has 3 aromatic rings. The first-order valence-corrected chi connectivity index (χ1v) is 8.28. The van der Waals surface area contributed by atoms with E-state index in [2.05, 4.69) is 0 Å². The summed E-state index contributed by atoms with van der Waals surface area (Å²) < 4.78 is 10.8. The average molecular weight is 335 g/mol. The van der Waals surface area contributed by atoms with Gasteiger partial charge in [-0.25, -0.2) is 0 Å².